The number of nitrogens with one attached hydrogen (secondary N) is 1. The Labute approximate surface area is 191 Å². The molecule has 3 aliphatic heterocycles. The minimum Gasteiger partial charge on any atom is -0.342 e. The van der Waals surface area contributed by atoms with E-state index >= 15 is 0 Å². The molecule has 0 aliphatic carbocycles. The molecule has 2 unspecified atom stereocenters. The van der Waals surface area contributed by atoms with Crippen LogP contribution in [0.5, 0.6) is 0 Å². The highest BCUT2D eigenvalue weighted by molar-refractivity contribution is 9.10. The van der Waals surface area contributed by atoms with E-state index in [-0.39, 0.29) is 5.91 Å². The first kappa shape index (κ1) is 20.3. The lowest BCUT2D eigenvalue weighted by Crippen LogP contribution is -2.53. The summed E-state index contributed by atoms with van der Waals surface area (Å²) >= 11 is 3.55. The molecule has 3 fully saturated rings. The van der Waals surface area contributed by atoms with E-state index in [0.717, 1.165) is 16.1 Å². The van der Waals surface area contributed by atoms with Crippen LogP contribution < -0.4 is 5.32 Å². The van der Waals surface area contributed by atoms with Crippen molar-refractivity contribution in [2.45, 2.75) is 43.1 Å². The minimum absolute atomic E-state index is 0.116. The zero-order valence-electron chi connectivity index (χ0n) is 17.2. The normalized spacial score (nSPS) is 26.9. The molecule has 0 saturated carbocycles. The molecule has 0 bridgehead atoms. The molecule has 6 nitrogen and oxygen atoms in total. The van der Waals surface area contributed by atoms with Crippen molar-refractivity contribution in [1.29, 1.82) is 0 Å². The van der Waals surface area contributed by atoms with Crippen LogP contribution in [0.1, 0.15) is 36.9 Å². The van der Waals surface area contributed by atoms with E-state index in [4.69, 9.17) is 4.74 Å². The van der Waals surface area contributed by atoms with Gasteiger partial charge in [0.1, 0.15) is 23.4 Å². The molecule has 1 aromatic carbocycles. The summed E-state index contributed by atoms with van der Waals surface area (Å²) in [7, 11) is 0. The fraction of sp³-hybridized carbons (Fsp3) is 0.391. The number of rotatable bonds is 2. The molecule has 3 aromatic rings. The summed E-state index contributed by atoms with van der Waals surface area (Å²) in [6.07, 6.45) is 3.40. The number of aromatic nitrogens is 2. The Morgan fingerprint density at radius 3 is 2.59 bits per heavy atom. The number of halogens is 3. The standard InChI is InChI=1S/C23H21BrF2N4O2/c24-17-1-2-19(30-18(17)4-8-28-30)23(14-11-15(25)13-16(26)12-14)5-3-20-29(23)21(31)22(32-20)6-9-27-10-7-22/h1-2,4,8,11-13,20,27H,3,5-7,9-10H2. The Morgan fingerprint density at radius 1 is 1.09 bits per heavy atom. The maximum absolute atomic E-state index is 14.5. The van der Waals surface area contributed by atoms with Crippen LogP contribution in [0, 0.1) is 11.6 Å². The van der Waals surface area contributed by atoms with Gasteiger partial charge in [0.2, 0.25) is 0 Å². The molecular formula is C23H21BrF2N4O2. The van der Waals surface area contributed by atoms with Gasteiger partial charge in [-0.05, 0) is 90.6 Å². The molecule has 9 heteroatoms. The molecule has 5 heterocycles. The van der Waals surface area contributed by atoms with Crippen molar-refractivity contribution in [2.75, 3.05) is 13.1 Å². The van der Waals surface area contributed by atoms with Gasteiger partial charge in [-0.1, -0.05) is 0 Å². The zero-order chi connectivity index (χ0) is 22.1. The van der Waals surface area contributed by atoms with Crippen molar-refractivity contribution in [3.05, 3.63) is 70.0 Å². The van der Waals surface area contributed by atoms with E-state index in [1.807, 2.05) is 18.2 Å². The topological polar surface area (TPSA) is 58.9 Å². The smallest absolute Gasteiger partial charge is 0.258 e. The lowest BCUT2D eigenvalue weighted by atomic mass is 9.81. The fourth-order valence-corrected chi connectivity index (χ4v) is 6.14. The number of carbonyl (C=O) groups is 1. The SMILES string of the molecule is O=C1N2C(CCC2(c2cc(F)cc(F)c2)c2ccc(Br)c3ccnn23)OC12CCNCC2. The second kappa shape index (κ2) is 7.07. The van der Waals surface area contributed by atoms with Crippen molar-refractivity contribution >= 4 is 27.4 Å². The number of amides is 1. The third-order valence-electron chi connectivity index (χ3n) is 7.10. The number of benzene rings is 1. The first-order valence-electron chi connectivity index (χ1n) is 10.8. The minimum atomic E-state index is -1.11. The van der Waals surface area contributed by atoms with E-state index in [9.17, 15) is 13.6 Å². The van der Waals surface area contributed by atoms with Gasteiger partial charge in [0.25, 0.3) is 5.91 Å². The van der Waals surface area contributed by atoms with Gasteiger partial charge in [-0.15, -0.1) is 0 Å². The molecule has 32 heavy (non-hydrogen) atoms. The summed E-state index contributed by atoms with van der Waals surface area (Å²) in [6.45, 7) is 1.38. The molecular weight excluding hydrogens is 482 g/mol. The van der Waals surface area contributed by atoms with Gasteiger partial charge in [-0.25, -0.2) is 13.3 Å². The van der Waals surface area contributed by atoms with Crippen molar-refractivity contribution < 1.29 is 18.3 Å². The molecule has 166 valence electrons. The summed E-state index contributed by atoms with van der Waals surface area (Å²) in [5, 5.41) is 7.77. The number of hydrogen-bond acceptors (Lipinski definition) is 4. The Bertz CT molecular complexity index is 1220. The van der Waals surface area contributed by atoms with Crippen LogP contribution in [-0.2, 0) is 15.1 Å². The van der Waals surface area contributed by atoms with E-state index in [1.54, 1.807) is 15.6 Å². The lowest BCUT2D eigenvalue weighted by Gasteiger charge is -2.40. The average Bonchev–Trinajstić information content (AvgIpc) is 3.45. The molecule has 2 aromatic heterocycles. The first-order chi connectivity index (χ1) is 15.4. The van der Waals surface area contributed by atoms with Gasteiger partial charge in [0.15, 0.2) is 5.60 Å². The predicted octanol–water partition coefficient (Wildman–Crippen LogP) is 3.72. The highest BCUT2D eigenvalue weighted by atomic mass is 79.9. The van der Waals surface area contributed by atoms with Gasteiger partial charge in [-0.3, -0.25) is 9.69 Å². The number of hydrogen-bond donors (Lipinski definition) is 1. The second-order valence-corrected chi connectivity index (χ2v) is 9.60. The van der Waals surface area contributed by atoms with E-state index in [1.165, 1.54) is 12.1 Å². The van der Waals surface area contributed by atoms with Crippen molar-refractivity contribution in [3.8, 4) is 0 Å². The van der Waals surface area contributed by atoms with Crippen LogP contribution in [0.15, 0.2) is 47.1 Å². The Balaban J connectivity index is 1.62. The molecule has 1 N–H and O–H groups in total. The van der Waals surface area contributed by atoms with Crippen LogP contribution in [0.3, 0.4) is 0 Å². The van der Waals surface area contributed by atoms with Crippen LogP contribution >= 0.6 is 15.9 Å². The van der Waals surface area contributed by atoms with Crippen molar-refractivity contribution in [2.24, 2.45) is 0 Å². The number of nitrogens with zero attached hydrogens (tertiary/aromatic N) is 3. The summed E-state index contributed by atoms with van der Waals surface area (Å²) in [5.74, 6) is -1.48. The molecule has 0 radical (unpaired) electrons. The van der Waals surface area contributed by atoms with Crippen LogP contribution in [-0.4, -0.2) is 45.3 Å². The third kappa shape index (κ3) is 2.67. The monoisotopic (exact) mass is 502 g/mol. The Kier molecular flexibility index (Phi) is 4.48. The van der Waals surface area contributed by atoms with Gasteiger partial charge in [-0.2, -0.15) is 5.10 Å². The number of fused-ring (bicyclic) bond motifs is 2. The second-order valence-electron chi connectivity index (χ2n) is 8.74. The molecule has 3 saturated heterocycles. The first-order valence-corrected chi connectivity index (χ1v) is 11.6. The number of carbonyl (C=O) groups excluding carboxylic acids is 1. The third-order valence-corrected chi connectivity index (χ3v) is 7.77. The lowest BCUT2D eigenvalue weighted by molar-refractivity contribution is -0.142. The molecule has 3 aliphatic rings. The van der Waals surface area contributed by atoms with Crippen LogP contribution in [0.4, 0.5) is 8.78 Å². The maximum atomic E-state index is 14.5. The Morgan fingerprint density at radius 2 is 1.84 bits per heavy atom. The highest BCUT2D eigenvalue weighted by Crippen LogP contribution is 2.54. The fourth-order valence-electron chi connectivity index (χ4n) is 5.71. The van der Waals surface area contributed by atoms with Gasteiger partial charge < -0.3 is 10.1 Å². The highest BCUT2D eigenvalue weighted by Gasteiger charge is 2.64. The molecule has 1 spiro atoms. The predicted molar refractivity (Wildman–Crippen MR) is 116 cm³/mol. The summed E-state index contributed by atoms with van der Waals surface area (Å²) < 4.78 is 37.9. The maximum Gasteiger partial charge on any atom is 0.258 e. The van der Waals surface area contributed by atoms with Gasteiger partial charge in [0, 0.05) is 10.5 Å². The zero-order valence-corrected chi connectivity index (χ0v) is 18.7. The van der Waals surface area contributed by atoms with E-state index < -0.39 is 29.0 Å². The van der Waals surface area contributed by atoms with E-state index in [2.05, 4.69) is 26.3 Å². The van der Waals surface area contributed by atoms with E-state index in [0.29, 0.717) is 50.0 Å². The Hall–Kier alpha value is -2.36. The summed E-state index contributed by atoms with van der Waals surface area (Å²) in [6, 6.07) is 9.11. The van der Waals surface area contributed by atoms with Crippen LogP contribution in [0.2, 0.25) is 0 Å². The molecule has 2 atom stereocenters. The molecule has 6 rings (SSSR count). The number of piperidine rings is 1. The van der Waals surface area contributed by atoms with Crippen LogP contribution in [0.25, 0.3) is 5.52 Å². The van der Waals surface area contributed by atoms with Crippen molar-refractivity contribution in [3.63, 3.8) is 0 Å². The van der Waals surface area contributed by atoms with Crippen molar-refractivity contribution in [1.82, 2.24) is 19.8 Å². The summed E-state index contributed by atoms with van der Waals surface area (Å²) in [4.78, 5) is 15.7. The summed E-state index contributed by atoms with van der Waals surface area (Å²) in [5.41, 5.74) is -0.127. The average molecular weight is 503 g/mol. The van der Waals surface area contributed by atoms with Gasteiger partial charge >= 0.3 is 0 Å². The largest absolute Gasteiger partial charge is 0.342 e. The van der Waals surface area contributed by atoms with Gasteiger partial charge in [0.05, 0.1) is 17.4 Å². The number of pyridine rings is 1. The number of ether oxygens (including phenoxy) is 1. The molecule has 1 amide bonds. The quantitative estimate of drug-likeness (QED) is 0.580.